The van der Waals surface area contributed by atoms with Crippen molar-refractivity contribution in [2.24, 2.45) is 0 Å². The summed E-state index contributed by atoms with van der Waals surface area (Å²) in [6, 6.07) is 6.99. The van der Waals surface area contributed by atoms with E-state index < -0.39 is 5.91 Å². The highest BCUT2D eigenvalue weighted by Gasteiger charge is 2.24. The maximum absolute atomic E-state index is 11.5. The molecule has 122 valence electrons. The number of phenols is 1. The van der Waals surface area contributed by atoms with Crippen molar-refractivity contribution in [3.63, 3.8) is 0 Å². The molecule has 4 rings (SSSR count). The number of carbonyl (C=O) groups excluding carboxylic acids is 1. The zero-order valence-corrected chi connectivity index (χ0v) is 13.1. The van der Waals surface area contributed by atoms with Crippen molar-refractivity contribution in [1.29, 1.82) is 0 Å². The fraction of sp³-hybridized carbons (Fsp3) is 0.111. The van der Waals surface area contributed by atoms with Gasteiger partial charge in [0.15, 0.2) is 0 Å². The van der Waals surface area contributed by atoms with E-state index in [4.69, 9.17) is 6.42 Å². The molecule has 3 heterocycles. The van der Waals surface area contributed by atoms with Crippen LogP contribution >= 0.6 is 0 Å². The number of nitrogens with zero attached hydrogens (tertiary/aromatic N) is 4. The quantitative estimate of drug-likeness (QED) is 0.698. The Morgan fingerprint density at radius 1 is 1.32 bits per heavy atom. The van der Waals surface area contributed by atoms with Gasteiger partial charge >= 0.3 is 5.91 Å². The van der Waals surface area contributed by atoms with Crippen LogP contribution in [0.15, 0.2) is 36.7 Å². The van der Waals surface area contributed by atoms with E-state index in [9.17, 15) is 9.90 Å². The van der Waals surface area contributed by atoms with Crippen LogP contribution in [-0.4, -0.2) is 32.5 Å². The topological polar surface area (TPSA) is 91.2 Å². The normalized spacial score (nSPS) is 12.7. The summed E-state index contributed by atoms with van der Waals surface area (Å²) >= 11 is 0. The largest absolute Gasteiger partial charge is 0.508 e. The van der Waals surface area contributed by atoms with Crippen molar-refractivity contribution in [2.75, 3.05) is 16.8 Å². The molecule has 25 heavy (non-hydrogen) atoms. The lowest BCUT2D eigenvalue weighted by Crippen LogP contribution is -2.18. The first kappa shape index (κ1) is 14.9. The number of carbonyl (C=O) groups is 1. The number of fused-ring (bicyclic) bond motifs is 2. The van der Waals surface area contributed by atoms with E-state index in [1.165, 1.54) is 0 Å². The molecule has 7 nitrogen and oxygen atoms in total. The molecule has 7 heteroatoms. The van der Waals surface area contributed by atoms with Crippen LogP contribution in [-0.2, 0) is 11.2 Å². The van der Waals surface area contributed by atoms with Crippen molar-refractivity contribution in [1.82, 2.24) is 15.0 Å². The zero-order chi connectivity index (χ0) is 17.4. The molecule has 0 saturated heterocycles. The fourth-order valence-electron chi connectivity index (χ4n) is 2.96. The van der Waals surface area contributed by atoms with Gasteiger partial charge in [-0.3, -0.25) is 15.1 Å². The third kappa shape index (κ3) is 2.60. The summed E-state index contributed by atoms with van der Waals surface area (Å²) in [4.78, 5) is 26.5. The van der Waals surface area contributed by atoms with Crippen molar-refractivity contribution in [3.8, 4) is 18.1 Å². The average Bonchev–Trinajstić information content (AvgIpc) is 3.03. The number of terminal acetylenes is 1. The Labute approximate surface area is 143 Å². The van der Waals surface area contributed by atoms with Crippen LogP contribution in [0.3, 0.4) is 0 Å². The molecule has 0 atom stereocenters. The molecule has 0 spiro atoms. The summed E-state index contributed by atoms with van der Waals surface area (Å²) in [5, 5.41) is 12.9. The summed E-state index contributed by atoms with van der Waals surface area (Å²) in [7, 11) is 0. The van der Waals surface area contributed by atoms with Gasteiger partial charge in [-0.05, 0) is 42.2 Å². The third-order valence-electron chi connectivity index (χ3n) is 4.05. The first-order chi connectivity index (χ1) is 12.2. The highest BCUT2D eigenvalue weighted by Crippen LogP contribution is 2.38. The van der Waals surface area contributed by atoms with Crippen LogP contribution in [0.1, 0.15) is 5.56 Å². The number of hydrogen-bond acceptors (Lipinski definition) is 6. The fourth-order valence-corrected chi connectivity index (χ4v) is 2.96. The first-order valence-electron chi connectivity index (χ1n) is 7.64. The van der Waals surface area contributed by atoms with Crippen LogP contribution in [0.5, 0.6) is 5.75 Å². The molecule has 1 amide bonds. The summed E-state index contributed by atoms with van der Waals surface area (Å²) in [5.41, 5.74) is 2.64. The Kier molecular flexibility index (Phi) is 3.43. The Morgan fingerprint density at radius 3 is 3.04 bits per heavy atom. The molecule has 0 fully saturated rings. The van der Waals surface area contributed by atoms with Gasteiger partial charge in [0.25, 0.3) is 0 Å². The lowest BCUT2D eigenvalue weighted by molar-refractivity contribution is -0.111. The Hall–Kier alpha value is -3.66. The summed E-state index contributed by atoms with van der Waals surface area (Å²) in [6.07, 6.45) is 9.20. The van der Waals surface area contributed by atoms with Crippen LogP contribution in [0.4, 0.5) is 17.5 Å². The zero-order valence-electron chi connectivity index (χ0n) is 13.1. The molecular formula is C18H13N5O2. The number of hydrogen-bond donors (Lipinski definition) is 2. The molecule has 0 aliphatic carbocycles. The minimum Gasteiger partial charge on any atom is -0.508 e. The number of amides is 1. The second-order valence-corrected chi connectivity index (χ2v) is 5.58. The lowest BCUT2D eigenvalue weighted by Gasteiger charge is -2.20. The van der Waals surface area contributed by atoms with Crippen LogP contribution < -0.4 is 10.2 Å². The number of pyridine rings is 1. The smallest absolute Gasteiger partial charge is 0.302 e. The van der Waals surface area contributed by atoms with Crippen molar-refractivity contribution in [2.45, 2.75) is 6.42 Å². The molecule has 0 radical (unpaired) electrons. The van der Waals surface area contributed by atoms with Gasteiger partial charge in [-0.25, -0.2) is 4.98 Å². The predicted molar refractivity (Wildman–Crippen MR) is 93.6 cm³/mol. The van der Waals surface area contributed by atoms with Crippen LogP contribution in [0.25, 0.3) is 10.9 Å². The number of nitrogens with one attached hydrogen (secondary N) is 1. The van der Waals surface area contributed by atoms with Crippen LogP contribution in [0.2, 0.25) is 0 Å². The van der Waals surface area contributed by atoms with Crippen molar-refractivity contribution in [3.05, 3.63) is 42.2 Å². The molecule has 2 N–H and O–H groups in total. The van der Waals surface area contributed by atoms with Gasteiger partial charge in [0.1, 0.15) is 11.6 Å². The molecule has 1 aromatic carbocycles. The molecular weight excluding hydrogens is 318 g/mol. The number of aromatic hydroxyl groups is 1. The number of rotatable bonds is 2. The van der Waals surface area contributed by atoms with E-state index in [1.54, 1.807) is 30.6 Å². The van der Waals surface area contributed by atoms with E-state index >= 15 is 0 Å². The minimum absolute atomic E-state index is 0.142. The number of benzene rings is 1. The summed E-state index contributed by atoms with van der Waals surface area (Å²) in [5.74, 6) is 2.39. The van der Waals surface area contributed by atoms with Gasteiger partial charge in [0.05, 0.1) is 10.9 Å². The van der Waals surface area contributed by atoms with Gasteiger partial charge in [0, 0.05) is 24.6 Å². The Balaban J connectivity index is 1.87. The Bertz CT molecular complexity index is 1040. The molecule has 2 aromatic heterocycles. The van der Waals surface area contributed by atoms with E-state index in [2.05, 4.69) is 20.3 Å². The highest BCUT2D eigenvalue weighted by atomic mass is 16.3. The summed E-state index contributed by atoms with van der Waals surface area (Å²) < 4.78 is 0. The van der Waals surface area contributed by atoms with E-state index in [0.29, 0.717) is 17.9 Å². The van der Waals surface area contributed by atoms with Gasteiger partial charge in [-0.15, -0.1) is 6.42 Å². The van der Waals surface area contributed by atoms with Gasteiger partial charge in [-0.1, -0.05) is 0 Å². The monoisotopic (exact) mass is 331 g/mol. The first-order valence-corrected chi connectivity index (χ1v) is 7.64. The van der Waals surface area contributed by atoms with Crippen molar-refractivity contribution < 1.29 is 9.90 Å². The summed E-state index contributed by atoms with van der Waals surface area (Å²) in [6.45, 7) is 0.697. The van der Waals surface area contributed by atoms with Crippen LogP contribution in [0, 0.1) is 12.3 Å². The molecule has 0 bridgehead atoms. The van der Waals surface area contributed by atoms with Crippen molar-refractivity contribution >= 4 is 34.3 Å². The molecule has 1 aliphatic rings. The van der Waals surface area contributed by atoms with Gasteiger partial charge < -0.3 is 10.0 Å². The number of aromatic nitrogens is 3. The minimum atomic E-state index is -0.605. The Morgan fingerprint density at radius 2 is 2.20 bits per heavy atom. The van der Waals surface area contributed by atoms with E-state index in [1.807, 2.05) is 16.9 Å². The lowest BCUT2D eigenvalue weighted by atomic mass is 10.1. The number of phenolic OH excluding ortho intramolecular Hbond substituents is 1. The maximum atomic E-state index is 11.5. The maximum Gasteiger partial charge on any atom is 0.302 e. The second-order valence-electron chi connectivity index (χ2n) is 5.58. The van der Waals surface area contributed by atoms with E-state index in [-0.39, 0.29) is 11.7 Å². The van der Waals surface area contributed by atoms with Gasteiger partial charge in [-0.2, -0.15) is 4.98 Å². The third-order valence-corrected chi connectivity index (χ3v) is 4.05. The molecule has 0 unspecified atom stereocenters. The molecule has 0 saturated carbocycles. The number of anilines is 3. The second kappa shape index (κ2) is 5.76. The van der Waals surface area contributed by atoms with E-state index in [0.717, 1.165) is 23.1 Å². The molecule has 1 aliphatic heterocycles. The SMILES string of the molecule is C#CC(=O)Nc1nc(N2CCc3cc(O)ccc32)c2cnccc2n1. The molecule has 3 aromatic rings. The van der Waals surface area contributed by atoms with Gasteiger partial charge in [0.2, 0.25) is 5.95 Å². The highest BCUT2D eigenvalue weighted by molar-refractivity contribution is 6.03. The standard InChI is InChI=1S/C18H13N5O2/c1-2-16(25)21-18-20-14-5-7-19-10-13(14)17(22-18)23-8-6-11-9-12(24)3-4-15(11)23/h1,3-5,7,9-10,24H,6,8H2,(H,20,21,22,25). The average molecular weight is 331 g/mol. The predicted octanol–water partition coefficient (Wildman–Crippen LogP) is 2.00.